The minimum absolute atomic E-state index is 0.124. The zero-order valence-corrected chi connectivity index (χ0v) is 14.7. The van der Waals surface area contributed by atoms with Crippen LogP contribution in [-0.4, -0.2) is 12.6 Å². The first-order valence-corrected chi connectivity index (χ1v) is 8.71. The molecular weight excluding hydrogens is 296 g/mol. The molecule has 1 saturated carbocycles. The molecule has 3 nitrogen and oxygen atoms in total. The number of hydrogen-bond donors (Lipinski definition) is 2. The van der Waals surface area contributed by atoms with Gasteiger partial charge in [0.25, 0.3) is 0 Å². The van der Waals surface area contributed by atoms with Gasteiger partial charge in [0.2, 0.25) is 0 Å². The fourth-order valence-electron chi connectivity index (χ4n) is 3.16. The molecule has 1 aliphatic rings. The van der Waals surface area contributed by atoms with Crippen molar-refractivity contribution in [3.63, 3.8) is 0 Å². The Balaban J connectivity index is 1.61. The van der Waals surface area contributed by atoms with E-state index in [2.05, 4.69) is 61.7 Å². The molecule has 1 aliphatic carbocycles. The largest absolute Gasteiger partial charge is 0.337 e. The third kappa shape index (κ3) is 3.61. The SMILES string of the molecule is Cc1ccc(C2(CNC(=O)Nc3ccccc3C(C)C)CC2)cc1. The molecule has 0 radical (unpaired) electrons. The molecule has 2 N–H and O–H groups in total. The number of anilines is 1. The number of carbonyl (C=O) groups is 1. The van der Waals surface area contributed by atoms with Crippen molar-refractivity contribution in [2.24, 2.45) is 0 Å². The predicted octanol–water partition coefficient (Wildman–Crippen LogP) is 4.97. The number of amides is 2. The molecule has 3 heteroatoms. The zero-order chi connectivity index (χ0) is 17.2. The first-order chi connectivity index (χ1) is 11.5. The summed E-state index contributed by atoms with van der Waals surface area (Å²) in [6, 6.07) is 16.5. The van der Waals surface area contributed by atoms with Gasteiger partial charge in [-0.15, -0.1) is 0 Å². The number of benzene rings is 2. The van der Waals surface area contributed by atoms with E-state index in [9.17, 15) is 4.79 Å². The average Bonchev–Trinajstić information content (AvgIpc) is 3.35. The number of aryl methyl sites for hydroxylation is 1. The van der Waals surface area contributed by atoms with Crippen molar-refractivity contribution in [2.45, 2.75) is 44.9 Å². The number of urea groups is 1. The molecule has 0 unspecified atom stereocenters. The van der Waals surface area contributed by atoms with Crippen molar-refractivity contribution in [1.82, 2.24) is 5.32 Å². The Morgan fingerprint density at radius 2 is 1.75 bits per heavy atom. The van der Waals surface area contributed by atoms with Crippen molar-refractivity contribution in [2.75, 3.05) is 11.9 Å². The van der Waals surface area contributed by atoms with Crippen molar-refractivity contribution in [3.05, 3.63) is 65.2 Å². The third-order valence-electron chi connectivity index (χ3n) is 4.94. The second-order valence-corrected chi connectivity index (χ2v) is 7.20. The Kier molecular flexibility index (Phi) is 4.61. The van der Waals surface area contributed by atoms with Gasteiger partial charge in [-0.05, 0) is 42.9 Å². The van der Waals surface area contributed by atoms with Crippen LogP contribution in [0.3, 0.4) is 0 Å². The lowest BCUT2D eigenvalue weighted by molar-refractivity contribution is 0.251. The van der Waals surface area contributed by atoms with E-state index < -0.39 is 0 Å². The van der Waals surface area contributed by atoms with Gasteiger partial charge < -0.3 is 10.6 Å². The molecule has 0 bridgehead atoms. The van der Waals surface area contributed by atoms with Crippen LogP contribution in [0.25, 0.3) is 0 Å². The van der Waals surface area contributed by atoms with Crippen LogP contribution in [0, 0.1) is 6.92 Å². The summed E-state index contributed by atoms with van der Waals surface area (Å²) in [5, 5.41) is 6.07. The summed E-state index contributed by atoms with van der Waals surface area (Å²) in [7, 11) is 0. The molecule has 0 heterocycles. The molecule has 0 atom stereocenters. The maximum absolute atomic E-state index is 12.3. The van der Waals surface area contributed by atoms with Crippen molar-refractivity contribution in [3.8, 4) is 0 Å². The van der Waals surface area contributed by atoms with Crippen molar-refractivity contribution in [1.29, 1.82) is 0 Å². The fraction of sp³-hybridized carbons (Fsp3) is 0.381. The van der Waals surface area contributed by atoms with Gasteiger partial charge in [0.15, 0.2) is 0 Å². The van der Waals surface area contributed by atoms with Gasteiger partial charge >= 0.3 is 6.03 Å². The van der Waals surface area contributed by atoms with E-state index in [0.29, 0.717) is 12.5 Å². The highest BCUT2D eigenvalue weighted by Crippen LogP contribution is 2.47. The van der Waals surface area contributed by atoms with Crippen LogP contribution in [0.5, 0.6) is 0 Å². The summed E-state index contributed by atoms with van der Waals surface area (Å²) in [6.45, 7) is 7.05. The average molecular weight is 322 g/mol. The lowest BCUT2D eigenvalue weighted by atomic mass is 9.95. The van der Waals surface area contributed by atoms with Crippen LogP contribution in [0.1, 0.15) is 49.3 Å². The van der Waals surface area contributed by atoms with E-state index in [1.165, 1.54) is 11.1 Å². The summed E-state index contributed by atoms with van der Waals surface area (Å²) in [4.78, 5) is 12.3. The molecule has 2 amide bonds. The normalized spacial score (nSPS) is 15.2. The summed E-state index contributed by atoms with van der Waals surface area (Å²) in [5.41, 5.74) is 4.78. The molecule has 2 aromatic carbocycles. The standard InChI is InChI=1S/C21H26N2O/c1-15(2)18-6-4-5-7-19(18)23-20(24)22-14-21(12-13-21)17-10-8-16(3)9-11-17/h4-11,15H,12-14H2,1-3H3,(H2,22,23,24). The lowest BCUT2D eigenvalue weighted by Crippen LogP contribution is -2.35. The van der Waals surface area contributed by atoms with E-state index in [-0.39, 0.29) is 11.4 Å². The van der Waals surface area contributed by atoms with Gasteiger partial charge in [0, 0.05) is 17.6 Å². The molecule has 3 rings (SSSR count). The van der Waals surface area contributed by atoms with Crippen LogP contribution < -0.4 is 10.6 Å². The van der Waals surface area contributed by atoms with Crippen LogP contribution in [0.4, 0.5) is 10.5 Å². The first-order valence-electron chi connectivity index (χ1n) is 8.71. The topological polar surface area (TPSA) is 41.1 Å². The van der Waals surface area contributed by atoms with Gasteiger partial charge in [-0.25, -0.2) is 4.79 Å². The number of hydrogen-bond acceptors (Lipinski definition) is 1. The van der Waals surface area contributed by atoms with Crippen LogP contribution in [-0.2, 0) is 5.41 Å². The number of nitrogens with one attached hydrogen (secondary N) is 2. The molecule has 126 valence electrons. The van der Waals surface area contributed by atoms with E-state index in [1.54, 1.807) is 0 Å². The van der Waals surface area contributed by atoms with E-state index in [0.717, 1.165) is 24.1 Å². The van der Waals surface area contributed by atoms with Gasteiger partial charge in [-0.2, -0.15) is 0 Å². The van der Waals surface area contributed by atoms with Gasteiger partial charge in [0.05, 0.1) is 0 Å². The van der Waals surface area contributed by atoms with E-state index in [1.807, 2.05) is 18.2 Å². The highest BCUT2D eigenvalue weighted by Gasteiger charge is 2.44. The van der Waals surface area contributed by atoms with E-state index in [4.69, 9.17) is 0 Å². The van der Waals surface area contributed by atoms with Gasteiger partial charge in [-0.1, -0.05) is 61.9 Å². The second-order valence-electron chi connectivity index (χ2n) is 7.20. The minimum Gasteiger partial charge on any atom is -0.337 e. The van der Waals surface area contributed by atoms with Crippen LogP contribution in [0.15, 0.2) is 48.5 Å². The van der Waals surface area contributed by atoms with Crippen molar-refractivity contribution >= 4 is 11.7 Å². The Morgan fingerprint density at radius 1 is 1.08 bits per heavy atom. The third-order valence-corrected chi connectivity index (χ3v) is 4.94. The summed E-state index contributed by atoms with van der Waals surface area (Å²) in [5.74, 6) is 0.379. The van der Waals surface area contributed by atoms with Crippen LogP contribution in [0.2, 0.25) is 0 Å². The summed E-state index contributed by atoms with van der Waals surface area (Å²) < 4.78 is 0. The maximum atomic E-state index is 12.3. The van der Waals surface area contributed by atoms with E-state index >= 15 is 0 Å². The Morgan fingerprint density at radius 3 is 2.38 bits per heavy atom. The summed E-state index contributed by atoms with van der Waals surface area (Å²) >= 11 is 0. The number of carbonyl (C=O) groups excluding carboxylic acids is 1. The Labute approximate surface area is 144 Å². The quantitative estimate of drug-likeness (QED) is 0.801. The predicted molar refractivity (Wildman–Crippen MR) is 99.6 cm³/mol. The molecule has 0 spiro atoms. The highest BCUT2D eigenvalue weighted by molar-refractivity contribution is 5.90. The molecular formula is C21H26N2O. The maximum Gasteiger partial charge on any atom is 0.319 e. The zero-order valence-electron chi connectivity index (χ0n) is 14.7. The van der Waals surface area contributed by atoms with Gasteiger partial charge in [-0.3, -0.25) is 0 Å². The summed E-state index contributed by atoms with van der Waals surface area (Å²) in [6.07, 6.45) is 2.28. The number of rotatable bonds is 5. The fourth-order valence-corrected chi connectivity index (χ4v) is 3.16. The lowest BCUT2D eigenvalue weighted by Gasteiger charge is -2.18. The monoisotopic (exact) mass is 322 g/mol. The molecule has 24 heavy (non-hydrogen) atoms. The van der Waals surface area contributed by atoms with Crippen molar-refractivity contribution < 1.29 is 4.79 Å². The first kappa shape index (κ1) is 16.6. The smallest absolute Gasteiger partial charge is 0.319 e. The minimum atomic E-state index is -0.124. The van der Waals surface area contributed by atoms with Gasteiger partial charge in [0.1, 0.15) is 0 Å². The molecule has 0 aromatic heterocycles. The van der Waals surface area contributed by atoms with Crippen LogP contribution >= 0.6 is 0 Å². The highest BCUT2D eigenvalue weighted by atomic mass is 16.2. The molecule has 0 saturated heterocycles. The molecule has 1 fully saturated rings. The molecule has 0 aliphatic heterocycles. The Bertz CT molecular complexity index is 715. The molecule has 2 aromatic rings. The second kappa shape index (κ2) is 6.68. The number of para-hydroxylation sites is 1. The Hall–Kier alpha value is -2.29.